The number of rotatable bonds is 6. The van der Waals surface area contributed by atoms with Gasteiger partial charge in [-0.05, 0) is 97.9 Å². The highest BCUT2D eigenvalue weighted by atomic mass is 16.3. The van der Waals surface area contributed by atoms with E-state index in [0.29, 0.717) is 28.0 Å². The van der Waals surface area contributed by atoms with E-state index in [0.717, 1.165) is 65.9 Å². The molecule has 10 aromatic rings. The first-order valence-corrected chi connectivity index (χ1v) is 17.4. The van der Waals surface area contributed by atoms with Crippen molar-refractivity contribution in [3.05, 3.63) is 200 Å². The summed E-state index contributed by atoms with van der Waals surface area (Å²) < 4.78 is 43.5. The Hall–Kier alpha value is -6.90. The fourth-order valence-corrected chi connectivity index (χ4v) is 7.50. The van der Waals surface area contributed by atoms with Crippen LogP contribution in [0.2, 0.25) is 0 Å². The van der Waals surface area contributed by atoms with Crippen molar-refractivity contribution in [1.82, 2.24) is 0 Å². The zero-order valence-electron chi connectivity index (χ0n) is 32.1. The van der Waals surface area contributed by atoms with Gasteiger partial charge >= 0.3 is 0 Å². The summed E-state index contributed by atoms with van der Waals surface area (Å²) in [6.45, 7) is 0. The van der Waals surface area contributed by atoms with Crippen LogP contribution in [0.3, 0.4) is 0 Å². The molecule has 0 atom stereocenters. The third-order valence-corrected chi connectivity index (χ3v) is 9.98. The number of fused-ring (bicyclic) bond motifs is 5. The molecular weight excluding hydrogens is 631 g/mol. The number of benzene rings is 9. The molecule has 0 saturated carbocycles. The van der Waals surface area contributed by atoms with Crippen molar-refractivity contribution < 1.29 is 9.90 Å². The van der Waals surface area contributed by atoms with Gasteiger partial charge in [-0.1, -0.05) is 152 Å². The molecule has 0 unspecified atom stereocenters. The largest absolute Gasteiger partial charge is 0.456 e. The SMILES string of the molecule is [2H]c1c([2H])c([2H])c(N(c2ccc(-c3ccccc3)cc2)c2ccc(-c3cccc4ccccc34)cc2)c(-c2cccc3oc4cc5ccccc5cc4c23)c1[2H]. The molecule has 0 amide bonds. The number of para-hydroxylation sites is 1. The van der Waals surface area contributed by atoms with Crippen molar-refractivity contribution in [2.45, 2.75) is 0 Å². The molecule has 0 spiro atoms. The molecule has 0 N–H and O–H groups in total. The summed E-state index contributed by atoms with van der Waals surface area (Å²) in [4.78, 5) is 1.96. The predicted octanol–water partition coefficient (Wildman–Crippen LogP) is 14.4. The van der Waals surface area contributed by atoms with E-state index in [1.54, 1.807) is 0 Å². The van der Waals surface area contributed by atoms with Crippen molar-refractivity contribution in [2.24, 2.45) is 0 Å². The van der Waals surface area contributed by atoms with Gasteiger partial charge in [-0.2, -0.15) is 0 Å². The van der Waals surface area contributed by atoms with Gasteiger partial charge in [0, 0.05) is 27.7 Å². The van der Waals surface area contributed by atoms with Crippen LogP contribution in [0.4, 0.5) is 17.1 Å². The number of nitrogens with zero attached hydrogens (tertiary/aromatic N) is 1. The highest BCUT2D eigenvalue weighted by molar-refractivity contribution is 6.16. The van der Waals surface area contributed by atoms with E-state index < -0.39 is 0 Å². The predicted molar refractivity (Wildman–Crippen MR) is 220 cm³/mol. The van der Waals surface area contributed by atoms with Crippen LogP contribution in [-0.4, -0.2) is 0 Å². The van der Waals surface area contributed by atoms with E-state index in [2.05, 4.69) is 91.0 Å². The summed E-state index contributed by atoms with van der Waals surface area (Å²) in [6.07, 6.45) is 0. The molecule has 0 saturated heterocycles. The zero-order valence-corrected chi connectivity index (χ0v) is 28.1. The van der Waals surface area contributed by atoms with Crippen molar-refractivity contribution in [3.8, 4) is 33.4 Å². The van der Waals surface area contributed by atoms with Crippen LogP contribution in [-0.2, 0) is 0 Å². The second-order valence-electron chi connectivity index (χ2n) is 13.0. The van der Waals surface area contributed by atoms with Gasteiger partial charge in [0.2, 0.25) is 0 Å². The van der Waals surface area contributed by atoms with E-state index in [1.165, 1.54) is 0 Å². The standard InChI is InChI=1S/C50H33NO/c1-2-12-34(13-3-1)35-24-28-40(29-25-35)51(41-30-26-37(27-31-41)43-20-10-17-36-14-6-7-18-42(36)43)47-22-9-8-19-44(47)45-21-11-23-48-50(45)46-32-38-15-4-5-16-39(38)33-49(46)52-48/h1-33H/i8D,9D,19D,22D. The molecule has 9 aromatic carbocycles. The molecular formula is C50H33NO. The molecule has 0 bridgehead atoms. The van der Waals surface area contributed by atoms with Gasteiger partial charge in [0.1, 0.15) is 11.2 Å². The molecule has 244 valence electrons. The Morgan fingerprint density at radius 1 is 0.404 bits per heavy atom. The van der Waals surface area contributed by atoms with Crippen molar-refractivity contribution in [3.63, 3.8) is 0 Å². The van der Waals surface area contributed by atoms with Crippen LogP contribution in [0.1, 0.15) is 5.48 Å². The minimum absolute atomic E-state index is 0.123. The summed E-state index contributed by atoms with van der Waals surface area (Å²) in [6, 6.07) is 58.4. The Bertz CT molecular complexity index is 3110. The molecule has 1 aromatic heterocycles. The Labute approximate surface area is 308 Å². The maximum atomic E-state index is 9.58. The molecule has 2 nitrogen and oxygen atoms in total. The minimum atomic E-state index is -0.303. The van der Waals surface area contributed by atoms with Gasteiger partial charge in [0.25, 0.3) is 0 Å². The van der Waals surface area contributed by atoms with E-state index in [1.807, 2.05) is 89.8 Å². The fourth-order valence-electron chi connectivity index (χ4n) is 7.50. The molecule has 10 rings (SSSR count). The average Bonchev–Trinajstić information content (AvgIpc) is 3.62. The number of furan rings is 1. The Morgan fingerprint density at radius 3 is 1.79 bits per heavy atom. The smallest absolute Gasteiger partial charge is 0.136 e. The van der Waals surface area contributed by atoms with Crippen LogP contribution in [0.15, 0.2) is 205 Å². The lowest BCUT2D eigenvalue weighted by molar-refractivity contribution is 0.669. The second-order valence-corrected chi connectivity index (χ2v) is 13.0. The molecule has 52 heavy (non-hydrogen) atoms. The summed E-state index contributed by atoms with van der Waals surface area (Å²) >= 11 is 0. The third-order valence-electron chi connectivity index (χ3n) is 9.98. The number of anilines is 3. The van der Waals surface area contributed by atoms with E-state index in [4.69, 9.17) is 7.16 Å². The zero-order chi connectivity index (χ0) is 37.9. The summed E-state index contributed by atoms with van der Waals surface area (Å²) in [5.41, 5.74) is 8.55. The summed E-state index contributed by atoms with van der Waals surface area (Å²) in [5.74, 6) is 0. The molecule has 1 heterocycles. The van der Waals surface area contributed by atoms with Gasteiger partial charge in [0.15, 0.2) is 0 Å². The second kappa shape index (κ2) is 12.5. The number of hydrogen-bond donors (Lipinski definition) is 0. The maximum absolute atomic E-state index is 9.58. The van der Waals surface area contributed by atoms with E-state index in [-0.39, 0.29) is 24.2 Å². The summed E-state index contributed by atoms with van der Waals surface area (Å²) in [5, 5.41) is 6.10. The van der Waals surface area contributed by atoms with Crippen LogP contribution >= 0.6 is 0 Å². The maximum Gasteiger partial charge on any atom is 0.136 e. The normalized spacial score (nSPS) is 12.5. The molecule has 2 heteroatoms. The molecule has 0 aliphatic carbocycles. The lowest BCUT2D eigenvalue weighted by Gasteiger charge is -2.28. The Morgan fingerprint density at radius 2 is 1.00 bits per heavy atom. The topological polar surface area (TPSA) is 16.4 Å². The third kappa shape index (κ3) is 5.12. The first-order chi connectivity index (χ1) is 27.4. The van der Waals surface area contributed by atoms with Gasteiger partial charge in [-0.25, -0.2) is 0 Å². The minimum Gasteiger partial charge on any atom is -0.456 e. The lowest BCUT2D eigenvalue weighted by atomic mass is 9.95. The van der Waals surface area contributed by atoms with Gasteiger partial charge in [-0.15, -0.1) is 0 Å². The molecule has 0 aliphatic rings. The fraction of sp³-hybridized carbons (Fsp3) is 0. The Balaban J connectivity index is 1.23. The Kier molecular flexibility index (Phi) is 6.22. The van der Waals surface area contributed by atoms with E-state index >= 15 is 0 Å². The summed E-state index contributed by atoms with van der Waals surface area (Å²) in [7, 11) is 0. The molecule has 0 radical (unpaired) electrons. The van der Waals surface area contributed by atoms with Crippen LogP contribution in [0.25, 0.3) is 76.9 Å². The van der Waals surface area contributed by atoms with Gasteiger partial charge in [0.05, 0.1) is 11.2 Å². The van der Waals surface area contributed by atoms with E-state index in [9.17, 15) is 2.74 Å². The highest BCUT2D eigenvalue weighted by Gasteiger charge is 2.21. The van der Waals surface area contributed by atoms with Gasteiger partial charge < -0.3 is 9.32 Å². The first kappa shape index (κ1) is 26.0. The highest BCUT2D eigenvalue weighted by Crippen LogP contribution is 2.45. The molecule has 0 fully saturated rings. The van der Waals surface area contributed by atoms with Crippen molar-refractivity contribution >= 4 is 60.5 Å². The molecule has 0 aliphatic heterocycles. The quantitative estimate of drug-likeness (QED) is 0.175. The van der Waals surface area contributed by atoms with Crippen LogP contribution in [0.5, 0.6) is 0 Å². The monoisotopic (exact) mass is 667 g/mol. The van der Waals surface area contributed by atoms with Crippen LogP contribution in [0, 0.1) is 0 Å². The van der Waals surface area contributed by atoms with Crippen LogP contribution < -0.4 is 4.90 Å². The number of hydrogen-bond acceptors (Lipinski definition) is 2. The first-order valence-electron chi connectivity index (χ1n) is 19.4. The van der Waals surface area contributed by atoms with Crippen molar-refractivity contribution in [2.75, 3.05) is 4.90 Å². The lowest BCUT2D eigenvalue weighted by Crippen LogP contribution is -2.11. The average molecular weight is 668 g/mol. The van der Waals surface area contributed by atoms with Crippen molar-refractivity contribution in [1.29, 1.82) is 0 Å². The van der Waals surface area contributed by atoms with Gasteiger partial charge in [-0.3, -0.25) is 0 Å².